The van der Waals surface area contributed by atoms with E-state index in [0.29, 0.717) is 5.56 Å². The molecule has 1 aromatic rings. The second kappa shape index (κ2) is 13.4. The predicted octanol–water partition coefficient (Wildman–Crippen LogP) is 2.68. The monoisotopic (exact) mass is 491 g/mol. The first kappa shape index (κ1) is 29.5. The average Bonchev–Trinajstić information content (AvgIpc) is 2.75. The molecule has 0 aromatic heterocycles. The fourth-order valence-corrected chi connectivity index (χ4v) is 3.26. The maximum atomic E-state index is 13.7. The average molecular weight is 492 g/mol. The lowest BCUT2D eigenvalue weighted by molar-refractivity contribution is -0.144. The molecule has 1 rings (SSSR count). The minimum absolute atomic E-state index is 0.0201. The highest BCUT2D eigenvalue weighted by Gasteiger charge is 2.36. The number of carbonyl (C=O) groups excluding carboxylic acids is 4. The van der Waals surface area contributed by atoms with Crippen molar-refractivity contribution in [3.05, 3.63) is 42.5 Å². The van der Waals surface area contributed by atoms with Crippen LogP contribution >= 0.6 is 0 Å². The minimum Gasteiger partial charge on any atom is -0.508 e. The number of nitrogens with zero attached hydrogens (tertiary/aromatic N) is 1. The summed E-state index contributed by atoms with van der Waals surface area (Å²) in [6.45, 7) is 12.2. The summed E-state index contributed by atoms with van der Waals surface area (Å²) >= 11 is 0. The first-order valence-corrected chi connectivity index (χ1v) is 11.3. The number of carbonyl (C=O) groups is 4. The number of aromatic hydroxyl groups is 1. The third kappa shape index (κ3) is 10.1. The molecule has 3 N–H and O–H groups in total. The van der Waals surface area contributed by atoms with Crippen molar-refractivity contribution in [1.82, 2.24) is 15.5 Å². The Hall–Kier alpha value is -3.56. The normalized spacial score (nSPS) is 12.8. The number of hydrogen-bond donors (Lipinski definition) is 3. The van der Waals surface area contributed by atoms with Crippen molar-refractivity contribution in [2.24, 2.45) is 5.92 Å². The van der Waals surface area contributed by atoms with Crippen molar-refractivity contribution < 1.29 is 33.8 Å². The van der Waals surface area contributed by atoms with Crippen molar-refractivity contribution in [1.29, 1.82) is 0 Å². The second-order valence-corrected chi connectivity index (χ2v) is 9.40. The van der Waals surface area contributed by atoms with Gasteiger partial charge in [-0.15, -0.1) is 6.58 Å². The van der Waals surface area contributed by atoms with Crippen LogP contribution in [0.5, 0.6) is 5.75 Å². The van der Waals surface area contributed by atoms with Crippen LogP contribution in [0.1, 0.15) is 52.6 Å². The SMILES string of the molecule is C=CCN(C(=O)C(CC(C)C)NC(=O)OC(C)(C)C)C(C(=O)NCC(=O)OC)c1ccc(O)cc1. The molecule has 2 atom stereocenters. The van der Waals surface area contributed by atoms with Gasteiger partial charge in [0, 0.05) is 6.54 Å². The van der Waals surface area contributed by atoms with E-state index in [1.54, 1.807) is 20.8 Å². The third-order valence-electron chi connectivity index (χ3n) is 4.71. The molecule has 0 aliphatic carbocycles. The molecule has 0 spiro atoms. The van der Waals surface area contributed by atoms with Gasteiger partial charge in [0.25, 0.3) is 0 Å². The lowest BCUT2D eigenvalue weighted by Crippen LogP contribution is -2.53. The number of phenolic OH excluding ortho intramolecular Hbond substituents is 1. The van der Waals surface area contributed by atoms with Crippen molar-refractivity contribution in [2.75, 3.05) is 20.2 Å². The number of ether oxygens (including phenoxy) is 2. The molecule has 35 heavy (non-hydrogen) atoms. The zero-order valence-electron chi connectivity index (χ0n) is 21.3. The van der Waals surface area contributed by atoms with Crippen molar-refractivity contribution in [3.63, 3.8) is 0 Å². The number of rotatable bonds is 11. The number of esters is 1. The van der Waals surface area contributed by atoms with E-state index >= 15 is 0 Å². The lowest BCUT2D eigenvalue weighted by atomic mass is 9.99. The van der Waals surface area contributed by atoms with Crippen LogP contribution in [0, 0.1) is 5.92 Å². The summed E-state index contributed by atoms with van der Waals surface area (Å²) in [5, 5.41) is 14.8. The van der Waals surface area contributed by atoms with Gasteiger partial charge in [-0.2, -0.15) is 0 Å². The number of alkyl carbamates (subject to hydrolysis) is 1. The second-order valence-electron chi connectivity index (χ2n) is 9.40. The molecule has 0 aliphatic rings. The van der Waals surface area contributed by atoms with Crippen molar-refractivity contribution in [3.8, 4) is 5.75 Å². The van der Waals surface area contributed by atoms with E-state index in [1.165, 1.54) is 42.4 Å². The molecule has 10 nitrogen and oxygen atoms in total. The molecule has 0 bridgehead atoms. The van der Waals surface area contributed by atoms with E-state index in [0.717, 1.165) is 0 Å². The Morgan fingerprint density at radius 3 is 2.23 bits per heavy atom. The summed E-state index contributed by atoms with van der Waals surface area (Å²) in [6.07, 6.45) is 0.989. The van der Waals surface area contributed by atoms with E-state index in [9.17, 15) is 24.3 Å². The van der Waals surface area contributed by atoms with Gasteiger partial charge in [0.05, 0.1) is 7.11 Å². The number of nitrogens with one attached hydrogen (secondary N) is 2. The Kier molecular flexibility index (Phi) is 11.2. The first-order chi connectivity index (χ1) is 16.3. The van der Waals surface area contributed by atoms with E-state index in [1.807, 2.05) is 13.8 Å². The molecule has 0 heterocycles. The number of hydrogen-bond acceptors (Lipinski definition) is 7. The van der Waals surface area contributed by atoms with Crippen molar-refractivity contribution in [2.45, 2.75) is 58.7 Å². The number of amides is 3. The van der Waals surface area contributed by atoms with Crippen LogP contribution in [0.2, 0.25) is 0 Å². The topological polar surface area (TPSA) is 134 Å². The predicted molar refractivity (Wildman–Crippen MR) is 130 cm³/mol. The van der Waals surface area contributed by atoms with Crippen LogP contribution in [-0.4, -0.2) is 65.7 Å². The molecule has 1 aromatic carbocycles. The van der Waals surface area contributed by atoms with Gasteiger partial charge in [0.15, 0.2) is 0 Å². The summed E-state index contributed by atoms with van der Waals surface area (Å²) in [7, 11) is 1.19. The van der Waals surface area contributed by atoms with Gasteiger partial charge in [0.1, 0.15) is 30.0 Å². The van der Waals surface area contributed by atoms with Gasteiger partial charge in [-0.1, -0.05) is 32.1 Å². The molecule has 0 saturated heterocycles. The van der Waals surface area contributed by atoms with Crippen LogP contribution in [0.25, 0.3) is 0 Å². The van der Waals surface area contributed by atoms with Crippen LogP contribution in [0.15, 0.2) is 36.9 Å². The van der Waals surface area contributed by atoms with Crippen LogP contribution < -0.4 is 10.6 Å². The van der Waals surface area contributed by atoms with Crippen molar-refractivity contribution >= 4 is 23.9 Å². The Morgan fingerprint density at radius 2 is 1.74 bits per heavy atom. The van der Waals surface area contributed by atoms with E-state index < -0.39 is 48.1 Å². The molecule has 0 radical (unpaired) electrons. The Balaban J connectivity index is 3.40. The number of phenols is 1. The molecular weight excluding hydrogens is 454 g/mol. The first-order valence-electron chi connectivity index (χ1n) is 11.3. The smallest absolute Gasteiger partial charge is 0.408 e. The molecule has 194 valence electrons. The quantitative estimate of drug-likeness (QED) is 0.320. The summed E-state index contributed by atoms with van der Waals surface area (Å²) < 4.78 is 9.90. The molecule has 3 amide bonds. The highest BCUT2D eigenvalue weighted by atomic mass is 16.6. The minimum atomic E-state index is -1.18. The van der Waals surface area contributed by atoms with Gasteiger partial charge >= 0.3 is 12.1 Å². The van der Waals surface area contributed by atoms with Gasteiger partial charge in [-0.3, -0.25) is 14.4 Å². The van der Waals surface area contributed by atoms with Gasteiger partial charge < -0.3 is 30.1 Å². The van der Waals surface area contributed by atoms with Crippen LogP contribution in [0.4, 0.5) is 4.79 Å². The van der Waals surface area contributed by atoms with Crippen LogP contribution in [-0.2, 0) is 23.9 Å². The van der Waals surface area contributed by atoms with E-state index in [-0.39, 0.29) is 24.6 Å². The molecule has 0 saturated carbocycles. The maximum Gasteiger partial charge on any atom is 0.408 e. The molecule has 2 unspecified atom stereocenters. The highest BCUT2D eigenvalue weighted by molar-refractivity contribution is 5.93. The van der Waals surface area contributed by atoms with E-state index in [4.69, 9.17) is 4.74 Å². The zero-order valence-corrected chi connectivity index (χ0v) is 21.3. The zero-order chi connectivity index (χ0) is 26.8. The Bertz CT molecular complexity index is 891. The number of benzene rings is 1. The molecule has 0 fully saturated rings. The van der Waals surface area contributed by atoms with E-state index in [2.05, 4.69) is 21.9 Å². The summed E-state index contributed by atoms with van der Waals surface area (Å²) in [6, 6.07) is 3.60. The Morgan fingerprint density at radius 1 is 1.14 bits per heavy atom. The Labute approximate surface area is 206 Å². The summed E-state index contributed by atoms with van der Waals surface area (Å²) in [4.78, 5) is 52.3. The summed E-state index contributed by atoms with van der Waals surface area (Å²) in [5.41, 5.74) is -0.375. The molecule has 10 heteroatoms. The molecular formula is C25H37N3O7. The fraction of sp³-hybridized carbons (Fsp3) is 0.520. The maximum absolute atomic E-state index is 13.7. The third-order valence-corrected chi connectivity index (χ3v) is 4.71. The standard InChI is InChI=1S/C25H37N3O7/c1-8-13-28(23(32)19(14-16(2)3)27-24(33)35-25(4,5)6)21(17-9-11-18(29)12-10-17)22(31)26-15-20(30)34-7/h8-12,16,19,21,29H,1,13-15H2,2-7H3,(H,26,31)(H,27,33). The summed E-state index contributed by atoms with van der Waals surface area (Å²) in [5.74, 6) is -1.82. The number of methoxy groups -OCH3 is 1. The molecule has 0 aliphatic heterocycles. The van der Waals surface area contributed by atoms with Crippen LogP contribution in [0.3, 0.4) is 0 Å². The van der Waals surface area contributed by atoms with Gasteiger partial charge in [0.2, 0.25) is 11.8 Å². The fourth-order valence-electron chi connectivity index (χ4n) is 3.26. The van der Waals surface area contributed by atoms with Gasteiger partial charge in [-0.05, 0) is 50.8 Å². The largest absolute Gasteiger partial charge is 0.508 e. The highest BCUT2D eigenvalue weighted by Crippen LogP contribution is 2.25. The lowest BCUT2D eigenvalue weighted by Gasteiger charge is -2.34. The van der Waals surface area contributed by atoms with Gasteiger partial charge in [-0.25, -0.2) is 4.79 Å².